The third-order valence-electron chi connectivity index (χ3n) is 6.82. The van der Waals surface area contributed by atoms with Crippen LogP contribution in [0.5, 0.6) is 5.75 Å². The fraction of sp³-hybridized carbons (Fsp3) is 0.143. The van der Waals surface area contributed by atoms with Gasteiger partial charge in [-0.05, 0) is 47.5 Å². The van der Waals surface area contributed by atoms with Crippen molar-refractivity contribution in [2.75, 3.05) is 12.4 Å². The summed E-state index contributed by atoms with van der Waals surface area (Å²) in [6.07, 6.45) is 0. The first-order valence-corrected chi connectivity index (χ1v) is 11.4. The van der Waals surface area contributed by atoms with Gasteiger partial charge in [0, 0.05) is 14.1 Å². The molecule has 0 bridgehead atoms. The monoisotopic (exact) mass is 464 g/mol. The van der Waals surface area contributed by atoms with Gasteiger partial charge in [-0.3, -0.25) is 13.9 Å². The molecule has 1 aliphatic heterocycles. The minimum Gasteiger partial charge on any atom is -0.497 e. The zero-order valence-corrected chi connectivity index (χ0v) is 19.6. The number of aryl methyl sites for hydroxylation is 1. The second kappa shape index (κ2) is 7.77. The van der Waals surface area contributed by atoms with Crippen LogP contribution in [0.2, 0.25) is 0 Å². The number of hydrogen-bond acceptors (Lipinski definition) is 4. The van der Waals surface area contributed by atoms with Gasteiger partial charge in [0.2, 0.25) is 0 Å². The third kappa shape index (κ3) is 2.98. The first-order chi connectivity index (χ1) is 17.0. The summed E-state index contributed by atoms with van der Waals surface area (Å²) in [4.78, 5) is 26.8. The number of rotatable bonds is 3. The van der Waals surface area contributed by atoms with Crippen LogP contribution in [-0.2, 0) is 14.1 Å². The molecule has 1 aliphatic rings. The highest BCUT2D eigenvalue weighted by atomic mass is 16.5. The Labute approximate surface area is 201 Å². The van der Waals surface area contributed by atoms with Crippen LogP contribution in [0, 0.1) is 0 Å². The highest BCUT2D eigenvalue weighted by molar-refractivity contribution is 5.99. The largest absolute Gasteiger partial charge is 0.497 e. The molecule has 1 N–H and O–H groups in total. The summed E-state index contributed by atoms with van der Waals surface area (Å²) in [7, 11) is 4.88. The summed E-state index contributed by atoms with van der Waals surface area (Å²) >= 11 is 0. The molecule has 0 spiro atoms. The zero-order chi connectivity index (χ0) is 24.3. The number of nitrogens with one attached hydrogen (secondary N) is 1. The van der Waals surface area contributed by atoms with E-state index in [9.17, 15) is 9.59 Å². The van der Waals surface area contributed by atoms with Crippen molar-refractivity contribution in [2.45, 2.75) is 6.04 Å². The molecule has 7 nitrogen and oxygen atoms in total. The molecule has 5 aromatic rings. The number of methoxy groups -OCH3 is 1. The van der Waals surface area contributed by atoms with E-state index in [-0.39, 0.29) is 17.3 Å². The van der Waals surface area contributed by atoms with Gasteiger partial charge in [0.25, 0.3) is 5.56 Å². The quantitative estimate of drug-likeness (QED) is 0.434. The lowest BCUT2D eigenvalue weighted by atomic mass is 9.99. The summed E-state index contributed by atoms with van der Waals surface area (Å²) in [5.41, 5.74) is 5.33. The van der Waals surface area contributed by atoms with Gasteiger partial charge in [-0.2, -0.15) is 0 Å². The van der Waals surface area contributed by atoms with E-state index in [0.29, 0.717) is 10.9 Å². The number of anilines is 1. The molecule has 0 aliphatic carbocycles. The molecule has 0 fully saturated rings. The number of para-hydroxylation sites is 2. The van der Waals surface area contributed by atoms with Crippen molar-refractivity contribution in [1.29, 1.82) is 0 Å². The number of fused-ring (bicyclic) bond motifs is 5. The molecular formula is C28H24N4O3. The van der Waals surface area contributed by atoms with Crippen molar-refractivity contribution in [2.24, 2.45) is 14.1 Å². The highest BCUT2D eigenvalue weighted by Gasteiger charge is 2.34. The SMILES string of the molecule is COc1ccc(-c2c3c(=O)n(C)c(=O)n(C)c3c3n2-c2ccccc2NC3c2ccccc2)cc1. The van der Waals surface area contributed by atoms with Crippen LogP contribution in [-0.4, -0.2) is 20.8 Å². The van der Waals surface area contributed by atoms with Crippen molar-refractivity contribution >= 4 is 16.6 Å². The van der Waals surface area contributed by atoms with Gasteiger partial charge in [0.1, 0.15) is 5.75 Å². The van der Waals surface area contributed by atoms with E-state index in [4.69, 9.17) is 4.74 Å². The molecule has 0 amide bonds. The molecule has 174 valence electrons. The Morgan fingerprint density at radius 2 is 1.51 bits per heavy atom. The molecule has 3 aromatic carbocycles. The average molecular weight is 465 g/mol. The van der Waals surface area contributed by atoms with Crippen molar-refractivity contribution in [3.63, 3.8) is 0 Å². The maximum atomic E-state index is 13.7. The molecule has 0 saturated carbocycles. The van der Waals surface area contributed by atoms with E-state index in [2.05, 4.69) is 22.0 Å². The van der Waals surface area contributed by atoms with E-state index in [1.807, 2.05) is 66.7 Å². The summed E-state index contributed by atoms with van der Waals surface area (Å²) in [6, 6.07) is 25.5. The number of benzene rings is 3. The van der Waals surface area contributed by atoms with E-state index >= 15 is 0 Å². The highest BCUT2D eigenvalue weighted by Crippen LogP contribution is 2.45. The van der Waals surface area contributed by atoms with Gasteiger partial charge in [-0.15, -0.1) is 0 Å². The average Bonchev–Trinajstić information content (AvgIpc) is 3.27. The molecular weight excluding hydrogens is 440 g/mol. The smallest absolute Gasteiger partial charge is 0.331 e. The number of hydrogen-bond donors (Lipinski definition) is 1. The molecule has 1 unspecified atom stereocenters. The molecule has 3 heterocycles. The summed E-state index contributed by atoms with van der Waals surface area (Å²) < 4.78 is 10.3. The minimum absolute atomic E-state index is 0.265. The summed E-state index contributed by atoms with van der Waals surface area (Å²) in [6.45, 7) is 0. The Morgan fingerprint density at radius 3 is 2.23 bits per heavy atom. The van der Waals surface area contributed by atoms with E-state index in [0.717, 1.165) is 39.6 Å². The van der Waals surface area contributed by atoms with Gasteiger partial charge in [-0.1, -0.05) is 42.5 Å². The van der Waals surface area contributed by atoms with E-state index in [1.165, 1.54) is 11.6 Å². The van der Waals surface area contributed by atoms with Crippen LogP contribution in [0.3, 0.4) is 0 Å². The second-order valence-corrected chi connectivity index (χ2v) is 8.73. The first-order valence-electron chi connectivity index (χ1n) is 11.4. The Bertz CT molecular complexity index is 1710. The molecule has 0 radical (unpaired) electrons. The molecule has 2 aromatic heterocycles. The van der Waals surface area contributed by atoms with Crippen molar-refractivity contribution in [1.82, 2.24) is 13.7 Å². The van der Waals surface area contributed by atoms with Crippen LogP contribution in [0.4, 0.5) is 5.69 Å². The van der Waals surface area contributed by atoms with E-state index in [1.54, 1.807) is 18.7 Å². The lowest BCUT2D eigenvalue weighted by Crippen LogP contribution is -2.37. The predicted molar refractivity (Wildman–Crippen MR) is 138 cm³/mol. The fourth-order valence-corrected chi connectivity index (χ4v) is 5.14. The van der Waals surface area contributed by atoms with Gasteiger partial charge in [0.15, 0.2) is 0 Å². The lowest BCUT2D eigenvalue weighted by Gasteiger charge is -2.31. The topological polar surface area (TPSA) is 70.2 Å². The normalized spacial score (nSPS) is 14.3. The molecule has 6 rings (SSSR count). The summed E-state index contributed by atoms with van der Waals surface area (Å²) in [5, 5.41) is 4.17. The van der Waals surface area contributed by atoms with Gasteiger partial charge >= 0.3 is 5.69 Å². The Hall–Kier alpha value is -4.52. The van der Waals surface area contributed by atoms with Crippen LogP contribution in [0.15, 0.2) is 88.5 Å². The Balaban J connectivity index is 1.84. The van der Waals surface area contributed by atoms with Crippen LogP contribution >= 0.6 is 0 Å². The zero-order valence-electron chi connectivity index (χ0n) is 19.6. The predicted octanol–water partition coefficient (Wildman–Crippen LogP) is 4.22. The van der Waals surface area contributed by atoms with Gasteiger partial charge in [0.05, 0.1) is 46.8 Å². The molecule has 7 heteroatoms. The first kappa shape index (κ1) is 21.0. The third-order valence-corrected chi connectivity index (χ3v) is 6.82. The fourth-order valence-electron chi connectivity index (χ4n) is 5.14. The second-order valence-electron chi connectivity index (χ2n) is 8.73. The lowest BCUT2D eigenvalue weighted by molar-refractivity contribution is 0.415. The van der Waals surface area contributed by atoms with Gasteiger partial charge < -0.3 is 14.6 Å². The Morgan fingerprint density at radius 1 is 0.829 bits per heavy atom. The summed E-state index contributed by atoms with van der Waals surface area (Å²) in [5.74, 6) is 0.730. The van der Waals surface area contributed by atoms with E-state index < -0.39 is 0 Å². The minimum atomic E-state index is -0.358. The molecule has 0 saturated heterocycles. The molecule has 35 heavy (non-hydrogen) atoms. The van der Waals surface area contributed by atoms with Crippen LogP contribution in [0.1, 0.15) is 17.3 Å². The van der Waals surface area contributed by atoms with Crippen LogP contribution in [0.25, 0.3) is 27.8 Å². The maximum absolute atomic E-state index is 13.7. The maximum Gasteiger partial charge on any atom is 0.331 e. The Kier molecular flexibility index (Phi) is 4.67. The number of ether oxygens (including phenoxy) is 1. The number of aromatic nitrogens is 3. The molecule has 1 atom stereocenters. The van der Waals surface area contributed by atoms with Crippen LogP contribution < -0.4 is 21.3 Å². The van der Waals surface area contributed by atoms with Crippen molar-refractivity contribution in [3.05, 3.63) is 111 Å². The van der Waals surface area contributed by atoms with Gasteiger partial charge in [-0.25, -0.2) is 4.79 Å². The van der Waals surface area contributed by atoms with Crippen molar-refractivity contribution < 1.29 is 4.74 Å². The number of nitrogens with zero attached hydrogens (tertiary/aromatic N) is 3. The standard InChI is InChI=1S/C28H24N4O3/c1-30-25-22(27(33)31(2)28(30)34)24(18-13-15-19(35-3)16-14-18)32-21-12-8-7-11-20(21)29-23(26(25)32)17-9-5-4-6-10-17/h4-16,23,29H,1-3H3. The van der Waals surface area contributed by atoms with Crippen molar-refractivity contribution in [3.8, 4) is 22.7 Å².